The van der Waals surface area contributed by atoms with Gasteiger partial charge in [-0.15, -0.1) is 27.5 Å². The van der Waals surface area contributed by atoms with Crippen molar-refractivity contribution in [2.24, 2.45) is 0 Å². The number of piperidine rings is 1. The van der Waals surface area contributed by atoms with Crippen molar-refractivity contribution in [3.05, 3.63) is 0 Å². The summed E-state index contributed by atoms with van der Waals surface area (Å²) >= 11 is 11.5. The predicted octanol–water partition coefficient (Wildman–Crippen LogP) is 0.793. The smallest absolute Gasteiger partial charge is 0.315 e. The molecule has 1 N–H and O–H groups in total. The van der Waals surface area contributed by atoms with Gasteiger partial charge in [0, 0.05) is 6.54 Å². The molecular formula is C7H10Cl2N2O5S. The van der Waals surface area contributed by atoms with Crippen molar-refractivity contribution in [2.45, 2.75) is 29.8 Å². The number of fused-ring (bicyclic) bond motifs is 2. The molecule has 0 radical (unpaired) electrons. The van der Waals surface area contributed by atoms with Crippen LogP contribution < -0.4 is 0 Å². The summed E-state index contributed by atoms with van der Waals surface area (Å²) in [5.74, 6) is 0. The van der Waals surface area contributed by atoms with Crippen molar-refractivity contribution < 1.29 is 22.0 Å². The molecule has 98 valence electrons. The summed E-state index contributed by atoms with van der Waals surface area (Å²) in [7, 11) is -4.70. The second-order valence-electron chi connectivity index (χ2n) is 3.90. The van der Waals surface area contributed by atoms with E-state index in [4.69, 9.17) is 27.8 Å². The number of rotatable bonds is 3. The number of hydroxylamine groups is 2. The fourth-order valence-electron chi connectivity index (χ4n) is 2.12. The van der Waals surface area contributed by atoms with Crippen LogP contribution in [-0.2, 0) is 14.7 Å². The molecule has 2 saturated heterocycles. The maximum absolute atomic E-state index is 11.8. The van der Waals surface area contributed by atoms with Crippen LogP contribution in [0.4, 0.5) is 4.79 Å². The van der Waals surface area contributed by atoms with Crippen molar-refractivity contribution in [2.75, 3.05) is 6.54 Å². The predicted molar refractivity (Wildman–Crippen MR) is 58.9 cm³/mol. The summed E-state index contributed by atoms with van der Waals surface area (Å²) in [5, 5.41) is 0.658. The average Bonchev–Trinajstić information content (AvgIpc) is 2.42. The Morgan fingerprint density at radius 3 is 2.59 bits per heavy atom. The van der Waals surface area contributed by atoms with Gasteiger partial charge in [-0.1, -0.05) is 0 Å². The van der Waals surface area contributed by atoms with Gasteiger partial charge in [0.05, 0.1) is 12.1 Å². The molecule has 2 aliphatic heterocycles. The van der Waals surface area contributed by atoms with Crippen LogP contribution in [0.25, 0.3) is 0 Å². The second kappa shape index (κ2) is 4.43. The molecule has 2 aliphatic rings. The molecule has 2 fully saturated rings. The maximum Gasteiger partial charge on any atom is 0.418 e. The van der Waals surface area contributed by atoms with E-state index >= 15 is 0 Å². The average molecular weight is 305 g/mol. The molecule has 2 atom stereocenters. The molecule has 10 heteroatoms. The molecule has 2 unspecified atom stereocenters. The normalized spacial score (nSPS) is 29.3. The van der Waals surface area contributed by atoms with Crippen molar-refractivity contribution in [1.82, 2.24) is 9.96 Å². The van der Waals surface area contributed by atoms with E-state index in [1.54, 1.807) is 0 Å². The highest BCUT2D eigenvalue weighted by Crippen LogP contribution is 2.34. The molecule has 17 heavy (non-hydrogen) atoms. The third kappa shape index (κ3) is 2.60. The first-order valence-electron chi connectivity index (χ1n) is 4.84. The second-order valence-corrected chi connectivity index (χ2v) is 6.06. The van der Waals surface area contributed by atoms with Crippen LogP contribution in [0, 0.1) is 0 Å². The van der Waals surface area contributed by atoms with Gasteiger partial charge in [0.1, 0.15) is 4.84 Å². The summed E-state index contributed by atoms with van der Waals surface area (Å²) < 4.78 is 34.0. The number of hydrogen-bond acceptors (Lipinski definition) is 4. The molecule has 0 saturated carbocycles. The number of halogens is 2. The van der Waals surface area contributed by atoms with Crippen LogP contribution in [0.15, 0.2) is 0 Å². The Morgan fingerprint density at radius 2 is 2.06 bits per heavy atom. The Morgan fingerprint density at radius 1 is 1.41 bits per heavy atom. The van der Waals surface area contributed by atoms with Crippen LogP contribution in [0.1, 0.15) is 12.8 Å². The highest BCUT2D eigenvalue weighted by Gasteiger charge is 2.48. The van der Waals surface area contributed by atoms with E-state index in [9.17, 15) is 13.2 Å². The molecule has 2 rings (SSSR count). The van der Waals surface area contributed by atoms with Crippen LogP contribution in [0.2, 0.25) is 0 Å². The van der Waals surface area contributed by atoms with Gasteiger partial charge >= 0.3 is 16.4 Å². The van der Waals surface area contributed by atoms with E-state index in [2.05, 4.69) is 4.28 Å². The first-order chi connectivity index (χ1) is 7.79. The molecular weight excluding hydrogens is 295 g/mol. The first-order valence-corrected chi connectivity index (χ1v) is 7.08. The zero-order valence-corrected chi connectivity index (χ0v) is 10.8. The van der Waals surface area contributed by atoms with Gasteiger partial charge < -0.3 is 4.90 Å². The van der Waals surface area contributed by atoms with Crippen LogP contribution in [-0.4, -0.2) is 52.4 Å². The fraction of sp³-hybridized carbons (Fsp3) is 0.857. The summed E-state index contributed by atoms with van der Waals surface area (Å²) in [6.07, 6.45) is 1.07. The van der Waals surface area contributed by atoms with Crippen molar-refractivity contribution in [3.8, 4) is 0 Å². The number of alkyl halides is 2. The van der Waals surface area contributed by atoms with E-state index in [1.807, 2.05) is 0 Å². The van der Waals surface area contributed by atoms with Crippen LogP contribution >= 0.6 is 23.2 Å². The zero-order chi connectivity index (χ0) is 12.8. The minimum atomic E-state index is -4.70. The highest BCUT2D eigenvalue weighted by molar-refractivity contribution is 7.80. The molecule has 0 spiro atoms. The lowest BCUT2D eigenvalue weighted by Crippen LogP contribution is -2.43. The zero-order valence-electron chi connectivity index (χ0n) is 8.49. The number of urea groups is 1. The number of nitrogens with zero attached hydrogens (tertiary/aromatic N) is 2. The largest absolute Gasteiger partial charge is 0.418 e. The lowest BCUT2D eigenvalue weighted by Gasteiger charge is -2.30. The minimum Gasteiger partial charge on any atom is -0.315 e. The van der Waals surface area contributed by atoms with Gasteiger partial charge in [0.2, 0.25) is 0 Å². The Hall–Kier alpha value is -0.280. The quantitative estimate of drug-likeness (QED) is 0.615. The number of hydrogen-bond donors (Lipinski definition) is 1. The molecule has 2 heterocycles. The number of carbonyl (C=O) groups excluding carboxylic acids is 1. The van der Waals surface area contributed by atoms with E-state index in [0.29, 0.717) is 17.9 Å². The van der Waals surface area contributed by atoms with Gasteiger partial charge in [-0.3, -0.25) is 4.55 Å². The Balaban J connectivity index is 2.17. The van der Waals surface area contributed by atoms with Gasteiger partial charge in [0.15, 0.2) is 0 Å². The molecule has 0 aliphatic carbocycles. The van der Waals surface area contributed by atoms with E-state index < -0.39 is 27.3 Å². The van der Waals surface area contributed by atoms with Crippen molar-refractivity contribution in [3.63, 3.8) is 0 Å². The summed E-state index contributed by atoms with van der Waals surface area (Å²) in [4.78, 5) is 12.4. The summed E-state index contributed by atoms with van der Waals surface area (Å²) in [6, 6.07) is -1.42. The summed E-state index contributed by atoms with van der Waals surface area (Å²) in [6.45, 7) is 0.287. The standard InChI is InChI=1S/C7H10Cl2N2O5S/c8-6(9)5-2-1-4-3-10(5)7(12)11(4)16-17(13,14)15/h4-6H,1-3H2,(H,13,14,15). The third-order valence-electron chi connectivity index (χ3n) is 2.83. The molecule has 0 aromatic heterocycles. The fourth-order valence-corrected chi connectivity index (χ4v) is 3.04. The minimum absolute atomic E-state index is 0.287. The first kappa shape index (κ1) is 13.2. The Kier molecular flexibility index (Phi) is 3.43. The maximum atomic E-state index is 11.8. The van der Waals surface area contributed by atoms with E-state index in [-0.39, 0.29) is 12.6 Å². The lowest BCUT2D eigenvalue weighted by molar-refractivity contribution is -0.0317. The molecule has 7 nitrogen and oxygen atoms in total. The molecule has 2 amide bonds. The Labute approximate surface area is 108 Å². The Bertz CT molecular complexity index is 428. The van der Waals surface area contributed by atoms with Crippen molar-refractivity contribution >= 4 is 39.6 Å². The van der Waals surface area contributed by atoms with E-state index in [1.165, 1.54) is 4.90 Å². The topological polar surface area (TPSA) is 87.2 Å². The monoisotopic (exact) mass is 304 g/mol. The number of amides is 2. The SMILES string of the molecule is O=C1N2CC(CCC2C(Cl)Cl)N1OS(=O)(=O)O. The third-order valence-corrected chi connectivity index (χ3v) is 3.77. The van der Waals surface area contributed by atoms with Crippen LogP contribution in [0.5, 0.6) is 0 Å². The number of carbonyl (C=O) groups is 1. The lowest BCUT2D eigenvalue weighted by atomic mass is 10.0. The van der Waals surface area contributed by atoms with Crippen molar-refractivity contribution in [1.29, 1.82) is 0 Å². The molecule has 2 bridgehead atoms. The molecule has 0 aromatic rings. The summed E-state index contributed by atoms with van der Waals surface area (Å²) in [5.41, 5.74) is 0. The van der Waals surface area contributed by atoms with Gasteiger partial charge in [-0.2, -0.15) is 13.5 Å². The van der Waals surface area contributed by atoms with Crippen LogP contribution in [0.3, 0.4) is 0 Å². The van der Waals surface area contributed by atoms with E-state index in [0.717, 1.165) is 0 Å². The van der Waals surface area contributed by atoms with Gasteiger partial charge in [-0.05, 0) is 12.8 Å². The molecule has 0 aromatic carbocycles. The van der Waals surface area contributed by atoms with Gasteiger partial charge in [-0.25, -0.2) is 4.79 Å². The highest BCUT2D eigenvalue weighted by atomic mass is 35.5. The van der Waals surface area contributed by atoms with Gasteiger partial charge in [0.25, 0.3) is 0 Å².